The Kier molecular flexibility index (Phi) is 4.83. The van der Waals surface area contributed by atoms with E-state index in [1.807, 2.05) is 19.9 Å². The summed E-state index contributed by atoms with van der Waals surface area (Å²) < 4.78 is 13.1. The van der Waals surface area contributed by atoms with Gasteiger partial charge in [0.1, 0.15) is 17.4 Å². The van der Waals surface area contributed by atoms with Crippen molar-refractivity contribution in [2.24, 2.45) is 0 Å². The molecule has 21 heavy (non-hydrogen) atoms. The van der Waals surface area contributed by atoms with E-state index in [1.54, 1.807) is 6.07 Å². The lowest BCUT2D eigenvalue weighted by Gasteiger charge is -2.12. The maximum atomic E-state index is 13.1. The molecule has 0 amide bonds. The number of benzene rings is 1. The summed E-state index contributed by atoms with van der Waals surface area (Å²) in [5.41, 5.74) is 3.10. The Labute approximate surface area is 123 Å². The largest absolute Gasteiger partial charge is 0.363 e. The average molecular weight is 284 g/mol. The van der Waals surface area contributed by atoms with Crippen LogP contribution in [-0.2, 0) is 19.4 Å². The van der Waals surface area contributed by atoms with Crippen LogP contribution in [0.15, 0.2) is 24.3 Å². The summed E-state index contributed by atoms with van der Waals surface area (Å²) in [5, 5.41) is 20.7. The van der Waals surface area contributed by atoms with Gasteiger partial charge in [-0.25, -0.2) is 4.39 Å². The molecule has 1 N–H and O–H groups in total. The Hall–Kier alpha value is -2.48. The van der Waals surface area contributed by atoms with Crippen LogP contribution < -0.4 is 5.32 Å². The second kappa shape index (κ2) is 6.80. The van der Waals surface area contributed by atoms with Crippen molar-refractivity contribution in [2.75, 3.05) is 5.32 Å². The monoisotopic (exact) mass is 284 g/mol. The molecule has 0 saturated heterocycles. The molecule has 0 bridgehead atoms. The molecule has 5 heteroatoms. The summed E-state index contributed by atoms with van der Waals surface area (Å²) in [6.07, 6.45) is 1.48. The SMILES string of the molecule is CCc1nnc(NCc2cccc(F)c2)c(C#N)c1CC. The molecule has 108 valence electrons. The summed E-state index contributed by atoms with van der Waals surface area (Å²) >= 11 is 0. The van der Waals surface area contributed by atoms with Gasteiger partial charge in [0.15, 0.2) is 5.82 Å². The molecule has 1 aromatic heterocycles. The number of aromatic nitrogens is 2. The number of anilines is 1. The number of hydrogen-bond acceptors (Lipinski definition) is 4. The van der Waals surface area contributed by atoms with E-state index in [9.17, 15) is 9.65 Å². The minimum Gasteiger partial charge on any atom is -0.363 e. The third-order valence-corrected chi connectivity index (χ3v) is 3.31. The van der Waals surface area contributed by atoms with Crippen LogP contribution in [0.1, 0.15) is 36.2 Å². The van der Waals surface area contributed by atoms with E-state index in [1.165, 1.54) is 12.1 Å². The van der Waals surface area contributed by atoms with Crippen LogP contribution in [0.5, 0.6) is 0 Å². The highest BCUT2D eigenvalue weighted by molar-refractivity contribution is 5.56. The standard InChI is InChI=1S/C16H17FN4/c1-3-13-14(9-18)16(21-20-15(13)4-2)19-10-11-6-5-7-12(17)8-11/h5-8H,3-4,10H2,1-2H3,(H,19,21). The highest BCUT2D eigenvalue weighted by Gasteiger charge is 2.13. The van der Waals surface area contributed by atoms with Crippen LogP contribution in [0.3, 0.4) is 0 Å². The first kappa shape index (κ1) is 14.9. The third-order valence-electron chi connectivity index (χ3n) is 3.31. The predicted molar refractivity (Wildman–Crippen MR) is 79.2 cm³/mol. The number of rotatable bonds is 5. The molecular formula is C16H17FN4. The van der Waals surface area contributed by atoms with Gasteiger partial charge in [-0.1, -0.05) is 26.0 Å². The second-order valence-electron chi connectivity index (χ2n) is 4.65. The quantitative estimate of drug-likeness (QED) is 0.915. The normalized spacial score (nSPS) is 10.2. The molecular weight excluding hydrogens is 267 g/mol. The van der Waals surface area contributed by atoms with Crippen LogP contribution >= 0.6 is 0 Å². The van der Waals surface area contributed by atoms with E-state index in [0.29, 0.717) is 17.9 Å². The van der Waals surface area contributed by atoms with Gasteiger partial charge in [-0.3, -0.25) is 0 Å². The van der Waals surface area contributed by atoms with E-state index in [-0.39, 0.29) is 5.82 Å². The number of aryl methyl sites for hydroxylation is 1. The van der Waals surface area contributed by atoms with E-state index in [0.717, 1.165) is 29.7 Å². The molecule has 4 nitrogen and oxygen atoms in total. The average Bonchev–Trinajstić information content (AvgIpc) is 2.51. The molecule has 0 aliphatic heterocycles. The van der Waals surface area contributed by atoms with Gasteiger partial charge in [-0.05, 0) is 36.1 Å². The van der Waals surface area contributed by atoms with Crippen molar-refractivity contribution in [3.05, 3.63) is 52.5 Å². The number of nitrogens with zero attached hydrogens (tertiary/aromatic N) is 3. The molecule has 1 heterocycles. The van der Waals surface area contributed by atoms with Gasteiger partial charge < -0.3 is 5.32 Å². The molecule has 1 aromatic carbocycles. The number of halogens is 1. The number of nitrogens with one attached hydrogen (secondary N) is 1. The second-order valence-corrected chi connectivity index (χ2v) is 4.65. The zero-order chi connectivity index (χ0) is 15.2. The van der Waals surface area contributed by atoms with Gasteiger partial charge in [-0.15, -0.1) is 5.10 Å². The van der Waals surface area contributed by atoms with Crippen molar-refractivity contribution in [3.63, 3.8) is 0 Å². The molecule has 2 rings (SSSR count). The highest BCUT2D eigenvalue weighted by atomic mass is 19.1. The fourth-order valence-electron chi connectivity index (χ4n) is 2.25. The summed E-state index contributed by atoms with van der Waals surface area (Å²) in [5.74, 6) is 0.173. The van der Waals surface area contributed by atoms with Gasteiger partial charge >= 0.3 is 0 Å². The van der Waals surface area contributed by atoms with E-state index < -0.39 is 0 Å². The van der Waals surface area contributed by atoms with E-state index in [2.05, 4.69) is 21.6 Å². The number of nitriles is 1. The fourth-order valence-corrected chi connectivity index (χ4v) is 2.25. The lowest BCUT2D eigenvalue weighted by molar-refractivity contribution is 0.626. The lowest BCUT2D eigenvalue weighted by atomic mass is 10.0. The Balaban J connectivity index is 2.26. The van der Waals surface area contributed by atoms with Crippen LogP contribution in [0, 0.1) is 17.1 Å². The van der Waals surface area contributed by atoms with Gasteiger partial charge in [-0.2, -0.15) is 10.4 Å². The van der Waals surface area contributed by atoms with Crippen molar-refractivity contribution in [1.82, 2.24) is 10.2 Å². The maximum Gasteiger partial charge on any atom is 0.167 e. The summed E-state index contributed by atoms with van der Waals surface area (Å²) in [7, 11) is 0. The first-order valence-corrected chi connectivity index (χ1v) is 6.96. The number of hydrogen-bond donors (Lipinski definition) is 1. The maximum absolute atomic E-state index is 13.1. The minimum atomic E-state index is -0.281. The molecule has 0 radical (unpaired) electrons. The van der Waals surface area contributed by atoms with Crippen molar-refractivity contribution in [1.29, 1.82) is 5.26 Å². The Morgan fingerprint density at radius 2 is 2.05 bits per heavy atom. The summed E-state index contributed by atoms with van der Waals surface area (Å²) in [4.78, 5) is 0. The molecule has 2 aromatic rings. The molecule has 0 aliphatic carbocycles. The smallest absolute Gasteiger partial charge is 0.167 e. The lowest BCUT2D eigenvalue weighted by Crippen LogP contribution is -2.10. The molecule has 0 spiro atoms. The molecule has 0 saturated carbocycles. The minimum absolute atomic E-state index is 0.281. The van der Waals surface area contributed by atoms with Crippen molar-refractivity contribution in [2.45, 2.75) is 33.2 Å². The molecule has 0 atom stereocenters. The molecule has 0 fully saturated rings. The summed E-state index contributed by atoms with van der Waals surface area (Å²) in [6, 6.07) is 8.52. The van der Waals surface area contributed by atoms with Crippen LogP contribution in [0.25, 0.3) is 0 Å². The van der Waals surface area contributed by atoms with Gasteiger partial charge in [0, 0.05) is 6.54 Å². The van der Waals surface area contributed by atoms with Crippen LogP contribution in [-0.4, -0.2) is 10.2 Å². The summed E-state index contributed by atoms with van der Waals surface area (Å²) in [6.45, 7) is 4.38. The fraction of sp³-hybridized carbons (Fsp3) is 0.312. The van der Waals surface area contributed by atoms with Crippen LogP contribution in [0.2, 0.25) is 0 Å². The van der Waals surface area contributed by atoms with Gasteiger partial charge in [0.2, 0.25) is 0 Å². The topological polar surface area (TPSA) is 61.6 Å². The predicted octanol–water partition coefficient (Wildman–Crippen LogP) is 3.22. The Morgan fingerprint density at radius 3 is 2.67 bits per heavy atom. The zero-order valence-corrected chi connectivity index (χ0v) is 12.2. The van der Waals surface area contributed by atoms with Gasteiger partial charge in [0.05, 0.1) is 5.69 Å². The zero-order valence-electron chi connectivity index (χ0n) is 12.2. The van der Waals surface area contributed by atoms with E-state index in [4.69, 9.17) is 0 Å². The Morgan fingerprint density at radius 1 is 1.24 bits per heavy atom. The first-order chi connectivity index (χ1) is 10.2. The Bertz CT molecular complexity index is 676. The third kappa shape index (κ3) is 3.34. The molecule has 0 aliphatic rings. The van der Waals surface area contributed by atoms with Crippen molar-refractivity contribution >= 4 is 5.82 Å². The molecule has 0 unspecified atom stereocenters. The highest BCUT2D eigenvalue weighted by Crippen LogP contribution is 2.20. The van der Waals surface area contributed by atoms with Crippen molar-refractivity contribution in [3.8, 4) is 6.07 Å². The van der Waals surface area contributed by atoms with Crippen molar-refractivity contribution < 1.29 is 4.39 Å². The first-order valence-electron chi connectivity index (χ1n) is 6.96. The van der Waals surface area contributed by atoms with Gasteiger partial charge in [0.25, 0.3) is 0 Å². The van der Waals surface area contributed by atoms with Crippen LogP contribution in [0.4, 0.5) is 10.2 Å². The van der Waals surface area contributed by atoms with E-state index >= 15 is 0 Å².